The number of nitrogens with one attached hydrogen (secondary N) is 1. The first-order valence-electron chi connectivity index (χ1n) is 7.73. The van der Waals surface area contributed by atoms with Gasteiger partial charge in [0, 0.05) is 37.3 Å². The van der Waals surface area contributed by atoms with Gasteiger partial charge in [0.25, 0.3) is 0 Å². The van der Waals surface area contributed by atoms with Gasteiger partial charge in [-0.1, -0.05) is 49.3 Å². The predicted octanol–water partition coefficient (Wildman–Crippen LogP) is 2.51. The average molecular weight is 315 g/mol. The lowest BCUT2D eigenvalue weighted by atomic mass is 10.1. The molecule has 23 heavy (non-hydrogen) atoms. The summed E-state index contributed by atoms with van der Waals surface area (Å²) in [5.74, 6) is 1.19. The van der Waals surface area contributed by atoms with Crippen LogP contribution in [0.15, 0.2) is 34.9 Å². The summed E-state index contributed by atoms with van der Waals surface area (Å²) in [7, 11) is 0. The van der Waals surface area contributed by atoms with Gasteiger partial charge in [-0.15, -0.1) is 0 Å². The van der Waals surface area contributed by atoms with Gasteiger partial charge in [-0.3, -0.25) is 9.59 Å². The molecule has 0 aliphatic rings. The average Bonchev–Trinajstić information content (AvgIpc) is 3.02. The topological polar surface area (TPSA) is 85.1 Å². The molecule has 6 nitrogen and oxygen atoms in total. The van der Waals surface area contributed by atoms with Crippen LogP contribution in [0.3, 0.4) is 0 Å². The molecular weight excluding hydrogens is 294 g/mol. The Balaban J connectivity index is 1.68. The molecule has 1 aromatic heterocycles. The predicted molar refractivity (Wildman–Crippen MR) is 85.1 cm³/mol. The SMILES string of the molecule is CC(C)c1nc(CCNC(=O)CCC(=O)c2ccccc2)no1. The number of ketones is 1. The molecule has 6 heteroatoms. The van der Waals surface area contributed by atoms with Crippen LogP contribution in [-0.4, -0.2) is 28.4 Å². The molecule has 0 bridgehead atoms. The van der Waals surface area contributed by atoms with Crippen molar-refractivity contribution in [3.05, 3.63) is 47.6 Å². The van der Waals surface area contributed by atoms with Gasteiger partial charge < -0.3 is 9.84 Å². The molecule has 1 aromatic carbocycles. The van der Waals surface area contributed by atoms with Crippen molar-refractivity contribution in [2.24, 2.45) is 0 Å². The van der Waals surface area contributed by atoms with Crippen LogP contribution in [0.2, 0.25) is 0 Å². The summed E-state index contributed by atoms with van der Waals surface area (Å²) < 4.78 is 5.09. The maximum atomic E-state index is 11.9. The Morgan fingerprint density at radius 1 is 1.17 bits per heavy atom. The Morgan fingerprint density at radius 2 is 1.91 bits per heavy atom. The normalized spacial score (nSPS) is 10.7. The van der Waals surface area contributed by atoms with Crippen LogP contribution in [-0.2, 0) is 11.2 Å². The zero-order valence-electron chi connectivity index (χ0n) is 13.4. The fourth-order valence-electron chi connectivity index (χ4n) is 2.00. The van der Waals surface area contributed by atoms with E-state index < -0.39 is 0 Å². The van der Waals surface area contributed by atoms with Crippen molar-refractivity contribution in [2.45, 2.75) is 39.0 Å². The molecule has 1 heterocycles. The minimum absolute atomic E-state index is 0.0273. The van der Waals surface area contributed by atoms with E-state index in [1.54, 1.807) is 12.1 Å². The molecule has 2 aromatic rings. The van der Waals surface area contributed by atoms with E-state index in [0.29, 0.717) is 30.2 Å². The number of aromatic nitrogens is 2. The molecule has 1 amide bonds. The summed E-state index contributed by atoms with van der Waals surface area (Å²) in [6.07, 6.45) is 0.890. The maximum Gasteiger partial charge on any atom is 0.229 e. The fourth-order valence-corrected chi connectivity index (χ4v) is 2.00. The molecule has 0 aliphatic heterocycles. The Bertz CT molecular complexity index is 650. The number of carbonyl (C=O) groups excluding carboxylic acids is 2. The molecule has 1 N–H and O–H groups in total. The van der Waals surface area contributed by atoms with Crippen molar-refractivity contribution in [3.8, 4) is 0 Å². The third-order valence-electron chi connectivity index (χ3n) is 3.32. The Kier molecular flexibility index (Phi) is 6.02. The summed E-state index contributed by atoms with van der Waals surface area (Å²) in [5, 5.41) is 6.62. The van der Waals surface area contributed by atoms with Crippen LogP contribution in [0.4, 0.5) is 0 Å². The number of benzene rings is 1. The lowest BCUT2D eigenvalue weighted by Crippen LogP contribution is -2.26. The second-order valence-corrected chi connectivity index (χ2v) is 5.59. The zero-order chi connectivity index (χ0) is 16.7. The van der Waals surface area contributed by atoms with Gasteiger partial charge in [-0.05, 0) is 0 Å². The molecule has 0 radical (unpaired) electrons. The van der Waals surface area contributed by atoms with E-state index in [9.17, 15) is 9.59 Å². The standard InChI is InChI=1S/C17H21N3O3/c1-12(2)17-19-15(20-23-17)10-11-18-16(22)9-8-14(21)13-6-4-3-5-7-13/h3-7,12H,8-11H2,1-2H3,(H,18,22). The lowest BCUT2D eigenvalue weighted by molar-refractivity contribution is -0.121. The van der Waals surface area contributed by atoms with Crippen molar-refractivity contribution < 1.29 is 14.1 Å². The highest BCUT2D eigenvalue weighted by atomic mass is 16.5. The van der Waals surface area contributed by atoms with Gasteiger partial charge >= 0.3 is 0 Å². The summed E-state index contributed by atoms with van der Waals surface area (Å²) in [6, 6.07) is 8.98. The van der Waals surface area contributed by atoms with Crippen molar-refractivity contribution in [3.63, 3.8) is 0 Å². The summed E-state index contributed by atoms with van der Waals surface area (Å²) in [6.45, 7) is 4.38. The second-order valence-electron chi connectivity index (χ2n) is 5.59. The fraction of sp³-hybridized carbons (Fsp3) is 0.412. The zero-order valence-corrected chi connectivity index (χ0v) is 13.4. The monoisotopic (exact) mass is 315 g/mol. The highest BCUT2D eigenvalue weighted by molar-refractivity contribution is 5.97. The number of Topliss-reactive ketones (excluding diaryl/α,β-unsaturated/α-hetero) is 1. The van der Waals surface area contributed by atoms with E-state index in [1.807, 2.05) is 32.0 Å². The highest BCUT2D eigenvalue weighted by Gasteiger charge is 2.11. The Hall–Kier alpha value is -2.50. The molecule has 0 fully saturated rings. The number of rotatable bonds is 8. The van der Waals surface area contributed by atoms with Crippen LogP contribution >= 0.6 is 0 Å². The molecule has 0 saturated heterocycles. The smallest absolute Gasteiger partial charge is 0.229 e. The third-order valence-corrected chi connectivity index (χ3v) is 3.32. The Morgan fingerprint density at radius 3 is 2.57 bits per heavy atom. The number of amides is 1. The summed E-state index contributed by atoms with van der Waals surface area (Å²) in [4.78, 5) is 27.9. The van der Waals surface area contributed by atoms with Crippen LogP contribution < -0.4 is 5.32 Å². The number of hydrogen-bond acceptors (Lipinski definition) is 5. The van der Waals surface area contributed by atoms with Gasteiger partial charge in [0.05, 0.1) is 0 Å². The van der Waals surface area contributed by atoms with Gasteiger partial charge in [0.1, 0.15) is 0 Å². The quantitative estimate of drug-likeness (QED) is 0.757. The minimum atomic E-state index is -0.151. The van der Waals surface area contributed by atoms with E-state index in [1.165, 1.54) is 0 Å². The van der Waals surface area contributed by atoms with Crippen LogP contribution in [0.1, 0.15) is 54.7 Å². The molecule has 0 saturated carbocycles. The first-order valence-corrected chi connectivity index (χ1v) is 7.73. The molecular formula is C17H21N3O3. The summed E-state index contributed by atoms with van der Waals surface area (Å²) >= 11 is 0. The van der Waals surface area contributed by atoms with Crippen molar-refractivity contribution in [1.29, 1.82) is 0 Å². The first-order chi connectivity index (χ1) is 11.1. The molecule has 0 unspecified atom stereocenters. The van der Waals surface area contributed by atoms with E-state index in [-0.39, 0.29) is 30.4 Å². The van der Waals surface area contributed by atoms with E-state index in [4.69, 9.17) is 4.52 Å². The molecule has 122 valence electrons. The molecule has 2 rings (SSSR count). The Labute approximate surface area is 135 Å². The van der Waals surface area contributed by atoms with Gasteiger partial charge in [-0.2, -0.15) is 4.98 Å². The van der Waals surface area contributed by atoms with Crippen molar-refractivity contribution >= 4 is 11.7 Å². The summed E-state index contributed by atoms with van der Waals surface area (Å²) in [5.41, 5.74) is 0.633. The van der Waals surface area contributed by atoms with Crippen LogP contribution in [0.25, 0.3) is 0 Å². The minimum Gasteiger partial charge on any atom is -0.356 e. The maximum absolute atomic E-state index is 11.9. The number of hydrogen-bond donors (Lipinski definition) is 1. The van der Waals surface area contributed by atoms with E-state index in [2.05, 4.69) is 15.5 Å². The largest absolute Gasteiger partial charge is 0.356 e. The lowest BCUT2D eigenvalue weighted by Gasteiger charge is -2.03. The van der Waals surface area contributed by atoms with Crippen LogP contribution in [0.5, 0.6) is 0 Å². The van der Waals surface area contributed by atoms with Crippen molar-refractivity contribution in [1.82, 2.24) is 15.5 Å². The van der Waals surface area contributed by atoms with E-state index in [0.717, 1.165) is 0 Å². The van der Waals surface area contributed by atoms with E-state index >= 15 is 0 Å². The van der Waals surface area contributed by atoms with Gasteiger partial charge in [-0.25, -0.2) is 0 Å². The molecule has 0 atom stereocenters. The first kappa shape index (κ1) is 16.9. The highest BCUT2D eigenvalue weighted by Crippen LogP contribution is 2.10. The molecule has 0 spiro atoms. The third kappa shape index (κ3) is 5.32. The van der Waals surface area contributed by atoms with Crippen molar-refractivity contribution in [2.75, 3.05) is 6.54 Å². The van der Waals surface area contributed by atoms with Gasteiger partial charge in [0.2, 0.25) is 11.8 Å². The van der Waals surface area contributed by atoms with Crippen LogP contribution in [0, 0.1) is 0 Å². The number of nitrogens with zero attached hydrogens (tertiary/aromatic N) is 2. The molecule has 0 aliphatic carbocycles. The number of carbonyl (C=O) groups is 2. The van der Waals surface area contributed by atoms with Gasteiger partial charge in [0.15, 0.2) is 11.6 Å². The second kappa shape index (κ2) is 8.22.